The first-order valence-corrected chi connectivity index (χ1v) is 8.96. The molecule has 3 rings (SSSR count). The van der Waals surface area contributed by atoms with Crippen molar-refractivity contribution in [3.05, 3.63) is 66.1 Å². The fourth-order valence-electron chi connectivity index (χ4n) is 2.78. The number of nitrogens with zero attached hydrogens (tertiary/aromatic N) is 3. The van der Waals surface area contributed by atoms with Crippen LogP contribution in [0.15, 0.2) is 54.9 Å². The first-order chi connectivity index (χ1) is 13.1. The van der Waals surface area contributed by atoms with Crippen LogP contribution in [0.4, 0.5) is 5.69 Å². The Morgan fingerprint density at radius 2 is 1.89 bits per heavy atom. The number of nitrogens with one attached hydrogen (secondary N) is 1. The van der Waals surface area contributed by atoms with Crippen molar-refractivity contribution in [3.63, 3.8) is 0 Å². The van der Waals surface area contributed by atoms with E-state index in [1.807, 2.05) is 24.3 Å². The second-order valence-corrected chi connectivity index (χ2v) is 6.34. The number of unbranched alkanes of at least 4 members (excludes halogenated alkanes) is 1. The van der Waals surface area contributed by atoms with E-state index in [1.54, 1.807) is 30.3 Å². The number of amides is 2. The van der Waals surface area contributed by atoms with E-state index in [2.05, 4.69) is 22.2 Å². The molecule has 0 radical (unpaired) electrons. The molecule has 0 aliphatic carbocycles. The summed E-state index contributed by atoms with van der Waals surface area (Å²) in [6, 6.07) is 12.5. The summed E-state index contributed by atoms with van der Waals surface area (Å²) in [4.78, 5) is 35.3. The molecule has 0 spiro atoms. The van der Waals surface area contributed by atoms with E-state index in [4.69, 9.17) is 0 Å². The van der Waals surface area contributed by atoms with Gasteiger partial charge in [-0.2, -0.15) is 0 Å². The lowest BCUT2D eigenvalue weighted by molar-refractivity contribution is 0.0787. The van der Waals surface area contributed by atoms with Crippen LogP contribution < -0.4 is 5.32 Å². The van der Waals surface area contributed by atoms with Gasteiger partial charge in [-0.25, -0.2) is 0 Å². The first kappa shape index (κ1) is 18.5. The minimum atomic E-state index is -0.305. The molecule has 0 saturated heterocycles. The number of carbonyl (C=O) groups excluding carboxylic acids is 2. The maximum atomic E-state index is 12.7. The quantitative estimate of drug-likeness (QED) is 0.724. The van der Waals surface area contributed by atoms with Gasteiger partial charge in [0.05, 0.1) is 11.2 Å². The lowest BCUT2D eigenvalue weighted by atomic mass is 10.1. The topological polar surface area (TPSA) is 75.2 Å². The number of para-hydroxylation sites is 1. The van der Waals surface area contributed by atoms with Crippen LogP contribution in [0.2, 0.25) is 0 Å². The van der Waals surface area contributed by atoms with E-state index in [-0.39, 0.29) is 17.5 Å². The fourth-order valence-corrected chi connectivity index (χ4v) is 2.78. The maximum absolute atomic E-state index is 12.7. The molecule has 2 heterocycles. The highest BCUT2D eigenvalue weighted by Gasteiger charge is 2.16. The van der Waals surface area contributed by atoms with Gasteiger partial charge < -0.3 is 10.2 Å². The van der Waals surface area contributed by atoms with Crippen LogP contribution in [0.5, 0.6) is 0 Å². The molecule has 1 aromatic carbocycles. The molecular weight excluding hydrogens is 340 g/mol. The number of carbonyl (C=O) groups is 2. The minimum absolute atomic E-state index is 0.190. The van der Waals surface area contributed by atoms with Crippen molar-refractivity contribution >= 4 is 28.4 Å². The van der Waals surface area contributed by atoms with Crippen LogP contribution in [0.25, 0.3) is 10.9 Å². The van der Waals surface area contributed by atoms with Gasteiger partial charge in [0.1, 0.15) is 5.69 Å². The van der Waals surface area contributed by atoms with Crippen molar-refractivity contribution in [2.45, 2.75) is 19.8 Å². The molecule has 0 atom stereocenters. The number of anilines is 1. The van der Waals surface area contributed by atoms with E-state index in [0.29, 0.717) is 17.8 Å². The number of aromatic nitrogens is 2. The van der Waals surface area contributed by atoms with Crippen LogP contribution in [-0.2, 0) is 0 Å². The molecule has 0 unspecified atom stereocenters. The largest absolute Gasteiger partial charge is 0.340 e. The zero-order valence-electron chi connectivity index (χ0n) is 15.5. The molecule has 3 aromatic rings. The van der Waals surface area contributed by atoms with Crippen molar-refractivity contribution in [1.82, 2.24) is 14.9 Å². The molecule has 0 bridgehead atoms. The third kappa shape index (κ3) is 4.28. The molecule has 6 nitrogen and oxygen atoms in total. The zero-order valence-corrected chi connectivity index (χ0v) is 15.5. The van der Waals surface area contributed by atoms with Crippen molar-refractivity contribution in [3.8, 4) is 0 Å². The van der Waals surface area contributed by atoms with Gasteiger partial charge in [0, 0.05) is 36.9 Å². The molecule has 27 heavy (non-hydrogen) atoms. The van der Waals surface area contributed by atoms with Crippen molar-refractivity contribution in [2.75, 3.05) is 18.9 Å². The van der Waals surface area contributed by atoms with Crippen LogP contribution in [0.1, 0.15) is 40.6 Å². The van der Waals surface area contributed by atoms with Gasteiger partial charge >= 0.3 is 0 Å². The molecule has 0 saturated carbocycles. The third-order valence-corrected chi connectivity index (χ3v) is 4.32. The normalized spacial score (nSPS) is 10.6. The summed E-state index contributed by atoms with van der Waals surface area (Å²) < 4.78 is 0. The lowest BCUT2D eigenvalue weighted by Gasteiger charge is -2.16. The Hall–Kier alpha value is -3.28. The lowest BCUT2D eigenvalue weighted by Crippen LogP contribution is -2.28. The Labute approximate surface area is 158 Å². The number of benzene rings is 1. The maximum Gasteiger partial charge on any atom is 0.272 e. The van der Waals surface area contributed by atoms with Gasteiger partial charge in [-0.05, 0) is 30.7 Å². The molecule has 0 fully saturated rings. The molecule has 138 valence electrons. The SMILES string of the molecule is CCCCN(C)C(=O)c1cc(C(=O)Nc2cccc3cccnc23)ccn1. The van der Waals surface area contributed by atoms with Crippen LogP contribution in [0, 0.1) is 0 Å². The molecule has 1 N–H and O–H groups in total. The van der Waals surface area contributed by atoms with Crippen LogP contribution in [-0.4, -0.2) is 40.3 Å². The average molecular weight is 362 g/mol. The van der Waals surface area contributed by atoms with Gasteiger partial charge in [0.2, 0.25) is 0 Å². The van der Waals surface area contributed by atoms with Gasteiger partial charge in [-0.15, -0.1) is 0 Å². The fraction of sp³-hybridized carbons (Fsp3) is 0.238. The summed E-state index contributed by atoms with van der Waals surface area (Å²) >= 11 is 0. The predicted octanol–water partition coefficient (Wildman–Crippen LogP) is 3.75. The minimum Gasteiger partial charge on any atom is -0.340 e. The highest BCUT2D eigenvalue weighted by molar-refractivity contribution is 6.09. The van der Waals surface area contributed by atoms with E-state index in [1.165, 1.54) is 12.3 Å². The summed E-state index contributed by atoms with van der Waals surface area (Å²) in [5, 5.41) is 3.82. The Morgan fingerprint density at radius 1 is 1.07 bits per heavy atom. The average Bonchev–Trinajstić information content (AvgIpc) is 2.71. The Kier molecular flexibility index (Phi) is 5.76. The molecule has 6 heteroatoms. The van der Waals surface area contributed by atoms with Crippen LogP contribution >= 0.6 is 0 Å². The van der Waals surface area contributed by atoms with Crippen molar-refractivity contribution in [2.24, 2.45) is 0 Å². The van der Waals surface area contributed by atoms with E-state index in [0.717, 1.165) is 23.7 Å². The Bertz CT molecular complexity index is 966. The summed E-state index contributed by atoms with van der Waals surface area (Å²) in [6.07, 6.45) is 5.10. The summed E-state index contributed by atoms with van der Waals surface area (Å²) in [7, 11) is 1.74. The monoisotopic (exact) mass is 362 g/mol. The molecular formula is C21H22N4O2. The predicted molar refractivity (Wildman–Crippen MR) is 106 cm³/mol. The number of pyridine rings is 2. The zero-order chi connectivity index (χ0) is 19.2. The van der Waals surface area contributed by atoms with Gasteiger partial charge in [-0.3, -0.25) is 19.6 Å². The molecule has 2 amide bonds. The van der Waals surface area contributed by atoms with E-state index < -0.39 is 0 Å². The summed E-state index contributed by atoms with van der Waals surface area (Å²) in [6.45, 7) is 2.73. The molecule has 0 aliphatic heterocycles. The van der Waals surface area contributed by atoms with E-state index >= 15 is 0 Å². The van der Waals surface area contributed by atoms with Gasteiger partial charge in [0.25, 0.3) is 11.8 Å². The number of rotatable bonds is 6. The highest BCUT2D eigenvalue weighted by atomic mass is 16.2. The number of hydrogen-bond donors (Lipinski definition) is 1. The first-order valence-electron chi connectivity index (χ1n) is 8.96. The second-order valence-electron chi connectivity index (χ2n) is 6.34. The second kappa shape index (κ2) is 8.40. The van der Waals surface area contributed by atoms with Crippen molar-refractivity contribution < 1.29 is 9.59 Å². The van der Waals surface area contributed by atoms with E-state index in [9.17, 15) is 9.59 Å². The van der Waals surface area contributed by atoms with Crippen LogP contribution in [0.3, 0.4) is 0 Å². The standard InChI is InChI=1S/C21H22N4O2/c1-3-4-13-25(2)21(27)18-14-16(10-12-22-18)20(26)24-17-9-5-7-15-8-6-11-23-19(15)17/h5-12,14H,3-4,13H2,1-2H3,(H,24,26). The summed E-state index contributed by atoms with van der Waals surface area (Å²) in [5.41, 5.74) is 1.99. The Morgan fingerprint density at radius 3 is 2.70 bits per heavy atom. The van der Waals surface area contributed by atoms with Gasteiger partial charge in [-0.1, -0.05) is 31.5 Å². The Balaban J connectivity index is 1.80. The summed E-state index contributed by atoms with van der Waals surface area (Å²) in [5.74, 6) is -0.495. The number of hydrogen-bond acceptors (Lipinski definition) is 4. The third-order valence-electron chi connectivity index (χ3n) is 4.32. The number of fused-ring (bicyclic) bond motifs is 1. The molecule has 0 aliphatic rings. The van der Waals surface area contributed by atoms with Gasteiger partial charge in [0.15, 0.2) is 0 Å². The molecule has 2 aromatic heterocycles. The van der Waals surface area contributed by atoms with Crippen molar-refractivity contribution in [1.29, 1.82) is 0 Å². The smallest absolute Gasteiger partial charge is 0.272 e. The highest BCUT2D eigenvalue weighted by Crippen LogP contribution is 2.21.